The topological polar surface area (TPSA) is 30.0 Å². The van der Waals surface area contributed by atoms with Crippen LogP contribution in [0.4, 0.5) is 0 Å². The number of ketones is 1. The molecule has 0 spiro atoms. The Balaban J connectivity index is 2.23. The van der Waals surface area contributed by atoms with E-state index in [2.05, 4.69) is 36.2 Å². The second-order valence-electron chi connectivity index (χ2n) is 3.54. The van der Waals surface area contributed by atoms with Gasteiger partial charge in [0, 0.05) is 23.6 Å². The van der Waals surface area contributed by atoms with Crippen LogP contribution in [0.2, 0.25) is 0 Å². The molecule has 88 valence electrons. The number of carbonyl (C=O) groups excluding carboxylic acids is 1. The van der Waals surface area contributed by atoms with Crippen molar-refractivity contribution < 1.29 is 4.79 Å². The molecular formula is C13H13NOS2. The van der Waals surface area contributed by atoms with Crippen molar-refractivity contribution in [3.63, 3.8) is 0 Å². The maximum absolute atomic E-state index is 11.2. The molecule has 2 rings (SSSR count). The number of thioether (sulfide) groups is 1. The number of benzene rings is 1. The molecule has 0 unspecified atom stereocenters. The van der Waals surface area contributed by atoms with E-state index in [0.717, 1.165) is 16.3 Å². The largest absolute Gasteiger partial charge is 0.294 e. The number of nitrogens with zero attached hydrogens (tertiary/aromatic N) is 1. The standard InChI is InChI=1S/C13H13NOS2/c1-3-16-11-6-4-10(5-7-11)13-14-8-12(17-13)9(2)15/h4-8H,3H2,1-2H3. The first-order valence-corrected chi connectivity index (χ1v) is 7.21. The zero-order chi connectivity index (χ0) is 12.3. The van der Waals surface area contributed by atoms with Crippen molar-refractivity contribution in [1.29, 1.82) is 0 Å². The van der Waals surface area contributed by atoms with E-state index in [1.54, 1.807) is 13.1 Å². The van der Waals surface area contributed by atoms with Crippen molar-refractivity contribution in [3.8, 4) is 10.6 Å². The molecule has 0 amide bonds. The normalized spacial score (nSPS) is 10.5. The van der Waals surface area contributed by atoms with E-state index < -0.39 is 0 Å². The Morgan fingerprint density at radius 1 is 1.35 bits per heavy atom. The molecule has 1 heterocycles. The third-order valence-corrected chi connectivity index (χ3v) is 4.31. The summed E-state index contributed by atoms with van der Waals surface area (Å²) < 4.78 is 0. The molecule has 0 N–H and O–H groups in total. The lowest BCUT2D eigenvalue weighted by Crippen LogP contribution is -1.83. The van der Waals surface area contributed by atoms with Gasteiger partial charge in [0.2, 0.25) is 0 Å². The Hall–Kier alpha value is -1.13. The number of aromatic nitrogens is 1. The van der Waals surface area contributed by atoms with Gasteiger partial charge in [-0.1, -0.05) is 19.1 Å². The van der Waals surface area contributed by atoms with Crippen molar-refractivity contribution in [2.75, 3.05) is 5.75 Å². The van der Waals surface area contributed by atoms with Gasteiger partial charge >= 0.3 is 0 Å². The average molecular weight is 263 g/mol. The zero-order valence-corrected chi connectivity index (χ0v) is 11.4. The molecule has 17 heavy (non-hydrogen) atoms. The first-order chi connectivity index (χ1) is 8.20. The van der Waals surface area contributed by atoms with Crippen LogP contribution < -0.4 is 0 Å². The summed E-state index contributed by atoms with van der Waals surface area (Å²) in [5, 5.41) is 0.906. The number of carbonyl (C=O) groups is 1. The van der Waals surface area contributed by atoms with Crippen molar-refractivity contribution in [1.82, 2.24) is 4.98 Å². The van der Waals surface area contributed by atoms with Crippen molar-refractivity contribution in [3.05, 3.63) is 35.3 Å². The molecular weight excluding hydrogens is 250 g/mol. The molecule has 0 fully saturated rings. The fraction of sp³-hybridized carbons (Fsp3) is 0.231. The Morgan fingerprint density at radius 2 is 2.06 bits per heavy atom. The summed E-state index contributed by atoms with van der Waals surface area (Å²) >= 11 is 3.26. The van der Waals surface area contributed by atoms with E-state index >= 15 is 0 Å². The van der Waals surface area contributed by atoms with Crippen molar-refractivity contribution in [2.45, 2.75) is 18.7 Å². The number of hydrogen-bond donors (Lipinski definition) is 0. The number of Topliss-reactive ketones (excluding diaryl/α,β-unsaturated/α-hetero) is 1. The van der Waals surface area contributed by atoms with Crippen LogP contribution in [0.25, 0.3) is 10.6 Å². The monoisotopic (exact) mass is 263 g/mol. The highest BCUT2D eigenvalue weighted by Gasteiger charge is 2.07. The van der Waals surface area contributed by atoms with Crippen molar-refractivity contribution in [2.24, 2.45) is 0 Å². The number of hydrogen-bond acceptors (Lipinski definition) is 4. The van der Waals surface area contributed by atoms with Crippen LogP contribution in [-0.2, 0) is 0 Å². The van der Waals surface area contributed by atoms with Gasteiger partial charge in [-0.15, -0.1) is 23.1 Å². The summed E-state index contributed by atoms with van der Waals surface area (Å²) in [6.07, 6.45) is 1.65. The summed E-state index contributed by atoms with van der Waals surface area (Å²) in [6, 6.07) is 8.30. The minimum absolute atomic E-state index is 0.0758. The van der Waals surface area contributed by atoms with Crippen LogP contribution in [0.1, 0.15) is 23.5 Å². The molecule has 2 nitrogen and oxygen atoms in total. The highest BCUT2D eigenvalue weighted by molar-refractivity contribution is 7.99. The first-order valence-electron chi connectivity index (χ1n) is 5.40. The molecule has 0 radical (unpaired) electrons. The summed E-state index contributed by atoms with van der Waals surface area (Å²) in [5.41, 5.74) is 1.07. The molecule has 2 aromatic rings. The van der Waals surface area contributed by atoms with E-state index in [0.29, 0.717) is 4.88 Å². The lowest BCUT2D eigenvalue weighted by atomic mass is 10.2. The summed E-state index contributed by atoms with van der Waals surface area (Å²) in [6.45, 7) is 3.71. The predicted molar refractivity (Wildman–Crippen MR) is 74.0 cm³/mol. The van der Waals surface area contributed by atoms with Gasteiger partial charge in [0.1, 0.15) is 5.01 Å². The van der Waals surface area contributed by atoms with E-state index in [9.17, 15) is 4.79 Å². The van der Waals surface area contributed by atoms with Crippen LogP contribution >= 0.6 is 23.1 Å². The van der Waals surface area contributed by atoms with Gasteiger partial charge in [-0.2, -0.15) is 0 Å². The minimum Gasteiger partial charge on any atom is -0.294 e. The third-order valence-electron chi connectivity index (χ3n) is 2.26. The van der Waals surface area contributed by atoms with E-state index in [1.807, 2.05) is 11.8 Å². The molecule has 0 bridgehead atoms. The van der Waals surface area contributed by atoms with Gasteiger partial charge in [0.15, 0.2) is 5.78 Å². The summed E-state index contributed by atoms with van der Waals surface area (Å²) in [5.74, 6) is 1.15. The van der Waals surface area contributed by atoms with Gasteiger partial charge < -0.3 is 0 Å². The summed E-state index contributed by atoms with van der Waals surface area (Å²) in [4.78, 5) is 17.4. The Morgan fingerprint density at radius 3 is 2.59 bits per heavy atom. The van der Waals surface area contributed by atoms with Crippen LogP contribution in [0, 0.1) is 0 Å². The van der Waals surface area contributed by atoms with Gasteiger partial charge in [-0.05, 0) is 17.9 Å². The molecule has 4 heteroatoms. The first kappa shape index (κ1) is 12.3. The van der Waals surface area contributed by atoms with Gasteiger partial charge in [0.05, 0.1) is 4.88 Å². The summed E-state index contributed by atoms with van der Waals surface area (Å²) in [7, 11) is 0. The zero-order valence-electron chi connectivity index (χ0n) is 9.77. The number of rotatable bonds is 4. The minimum atomic E-state index is 0.0758. The second kappa shape index (κ2) is 5.47. The third kappa shape index (κ3) is 2.96. The molecule has 0 atom stereocenters. The molecule has 0 aliphatic heterocycles. The maximum atomic E-state index is 11.2. The van der Waals surface area contributed by atoms with Crippen LogP contribution in [0.3, 0.4) is 0 Å². The quantitative estimate of drug-likeness (QED) is 0.614. The Bertz CT molecular complexity index is 516. The highest BCUT2D eigenvalue weighted by Crippen LogP contribution is 2.27. The predicted octanol–water partition coefficient (Wildman–Crippen LogP) is 4.12. The molecule has 0 aliphatic rings. The maximum Gasteiger partial charge on any atom is 0.171 e. The molecule has 1 aromatic heterocycles. The smallest absolute Gasteiger partial charge is 0.171 e. The molecule has 1 aromatic carbocycles. The van der Waals surface area contributed by atoms with Crippen LogP contribution in [0.15, 0.2) is 35.4 Å². The average Bonchev–Trinajstić information content (AvgIpc) is 2.80. The second-order valence-corrected chi connectivity index (χ2v) is 5.91. The fourth-order valence-corrected chi connectivity index (χ4v) is 2.91. The molecule has 0 aliphatic carbocycles. The Kier molecular flexibility index (Phi) is 3.97. The fourth-order valence-electron chi connectivity index (χ4n) is 1.43. The van der Waals surface area contributed by atoms with Crippen molar-refractivity contribution >= 4 is 28.9 Å². The van der Waals surface area contributed by atoms with Crippen LogP contribution in [0.5, 0.6) is 0 Å². The van der Waals surface area contributed by atoms with Gasteiger partial charge in [-0.3, -0.25) is 4.79 Å². The van der Waals surface area contributed by atoms with Crippen LogP contribution in [-0.4, -0.2) is 16.5 Å². The van der Waals surface area contributed by atoms with E-state index in [4.69, 9.17) is 0 Å². The number of thiazole rings is 1. The molecule has 0 saturated heterocycles. The van der Waals surface area contributed by atoms with E-state index in [-0.39, 0.29) is 5.78 Å². The Labute approximate surface area is 109 Å². The lowest BCUT2D eigenvalue weighted by molar-refractivity contribution is 0.102. The lowest BCUT2D eigenvalue weighted by Gasteiger charge is -1.99. The molecule has 0 saturated carbocycles. The highest BCUT2D eigenvalue weighted by atomic mass is 32.2. The van der Waals surface area contributed by atoms with E-state index in [1.165, 1.54) is 16.2 Å². The van der Waals surface area contributed by atoms with Gasteiger partial charge in [-0.25, -0.2) is 4.98 Å². The van der Waals surface area contributed by atoms with Gasteiger partial charge in [0.25, 0.3) is 0 Å². The SMILES string of the molecule is CCSc1ccc(-c2ncc(C(C)=O)s2)cc1.